The lowest BCUT2D eigenvalue weighted by atomic mass is 9.97. The molecule has 0 spiro atoms. The average molecular weight is 304 g/mol. The molecule has 3 aromatic rings. The molecule has 3 rings (SSSR count). The van der Waals surface area contributed by atoms with Crippen LogP contribution in [0, 0.1) is 13.8 Å². The monoisotopic (exact) mass is 304 g/mol. The van der Waals surface area contributed by atoms with E-state index in [0.717, 1.165) is 11.4 Å². The van der Waals surface area contributed by atoms with Crippen molar-refractivity contribution in [1.29, 1.82) is 0 Å². The van der Waals surface area contributed by atoms with Gasteiger partial charge in [-0.05, 0) is 54.3 Å². The summed E-state index contributed by atoms with van der Waals surface area (Å²) in [5.74, 6) is 1.39. The molecule has 0 unspecified atom stereocenters. The number of anilines is 1. The first-order valence-corrected chi connectivity index (χ1v) is 7.65. The molecule has 0 bridgehead atoms. The summed E-state index contributed by atoms with van der Waals surface area (Å²) in [6.07, 6.45) is 1.75. The third-order valence-corrected chi connectivity index (χ3v) is 3.88. The number of hydrogen-bond acceptors (Lipinski definition) is 3. The Morgan fingerprint density at radius 2 is 1.65 bits per heavy atom. The van der Waals surface area contributed by atoms with Gasteiger partial charge in [-0.15, -0.1) is 0 Å². The lowest BCUT2D eigenvalue weighted by Crippen LogP contribution is -1.92. The molecule has 23 heavy (non-hydrogen) atoms. The normalized spacial score (nSPS) is 10.4. The van der Waals surface area contributed by atoms with Crippen LogP contribution in [0.5, 0.6) is 11.6 Å². The maximum absolute atomic E-state index is 5.84. The number of rotatable bonds is 4. The van der Waals surface area contributed by atoms with Crippen LogP contribution < -0.4 is 10.1 Å². The van der Waals surface area contributed by atoms with E-state index in [1.54, 1.807) is 6.20 Å². The van der Waals surface area contributed by atoms with Gasteiger partial charge in [0.25, 0.3) is 0 Å². The highest BCUT2D eigenvalue weighted by Crippen LogP contribution is 2.30. The number of aryl methyl sites for hydroxylation is 2. The van der Waals surface area contributed by atoms with E-state index >= 15 is 0 Å². The molecule has 0 radical (unpaired) electrons. The SMILES string of the molecule is CNc1ccc(Oc2ccc(-c3ccccc3C)c(C)c2)nc1. The number of pyridine rings is 1. The zero-order valence-corrected chi connectivity index (χ0v) is 13.6. The van der Waals surface area contributed by atoms with Crippen LogP contribution in [0.15, 0.2) is 60.8 Å². The Bertz CT molecular complexity index is 810. The molecule has 0 amide bonds. The van der Waals surface area contributed by atoms with Gasteiger partial charge >= 0.3 is 0 Å². The summed E-state index contributed by atoms with van der Waals surface area (Å²) in [5.41, 5.74) is 5.91. The topological polar surface area (TPSA) is 34.1 Å². The molecular weight excluding hydrogens is 284 g/mol. The number of aromatic nitrogens is 1. The van der Waals surface area contributed by atoms with Gasteiger partial charge in [0, 0.05) is 13.1 Å². The van der Waals surface area contributed by atoms with Crippen molar-refractivity contribution in [3.05, 3.63) is 71.9 Å². The molecule has 0 fully saturated rings. The van der Waals surface area contributed by atoms with E-state index in [1.807, 2.05) is 25.2 Å². The number of benzene rings is 2. The first kappa shape index (κ1) is 15.1. The number of hydrogen-bond donors (Lipinski definition) is 1. The van der Waals surface area contributed by atoms with Gasteiger partial charge in [-0.3, -0.25) is 0 Å². The summed E-state index contributed by atoms with van der Waals surface area (Å²) >= 11 is 0. The summed E-state index contributed by atoms with van der Waals surface area (Å²) in [6, 6.07) is 18.4. The minimum Gasteiger partial charge on any atom is -0.439 e. The molecule has 1 N–H and O–H groups in total. The fourth-order valence-electron chi connectivity index (χ4n) is 2.59. The number of nitrogens with zero attached hydrogens (tertiary/aromatic N) is 1. The van der Waals surface area contributed by atoms with Gasteiger partial charge in [0.1, 0.15) is 5.75 Å². The van der Waals surface area contributed by atoms with Crippen molar-refractivity contribution < 1.29 is 4.74 Å². The Labute approximate surface area is 137 Å². The van der Waals surface area contributed by atoms with Gasteiger partial charge in [-0.1, -0.05) is 30.3 Å². The predicted octanol–water partition coefficient (Wildman–Crippen LogP) is 5.20. The zero-order chi connectivity index (χ0) is 16.2. The molecular formula is C20H20N2O. The van der Waals surface area contributed by atoms with Crippen LogP contribution in [-0.2, 0) is 0 Å². The fraction of sp³-hybridized carbons (Fsp3) is 0.150. The van der Waals surface area contributed by atoms with Crippen molar-refractivity contribution >= 4 is 5.69 Å². The first-order chi connectivity index (χ1) is 11.2. The highest BCUT2D eigenvalue weighted by atomic mass is 16.5. The van der Waals surface area contributed by atoms with E-state index in [-0.39, 0.29) is 0 Å². The van der Waals surface area contributed by atoms with Crippen molar-refractivity contribution in [3.8, 4) is 22.8 Å². The Hall–Kier alpha value is -2.81. The Morgan fingerprint density at radius 3 is 2.30 bits per heavy atom. The second kappa shape index (κ2) is 6.53. The molecule has 3 heteroatoms. The van der Waals surface area contributed by atoms with E-state index < -0.39 is 0 Å². The molecule has 116 valence electrons. The van der Waals surface area contributed by atoms with E-state index in [1.165, 1.54) is 22.3 Å². The average Bonchev–Trinajstić information content (AvgIpc) is 2.57. The van der Waals surface area contributed by atoms with Crippen molar-refractivity contribution in [2.24, 2.45) is 0 Å². The fourth-order valence-corrected chi connectivity index (χ4v) is 2.59. The molecule has 1 heterocycles. The number of nitrogens with one attached hydrogen (secondary N) is 1. The van der Waals surface area contributed by atoms with E-state index in [4.69, 9.17) is 4.74 Å². The van der Waals surface area contributed by atoms with Gasteiger partial charge in [0.05, 0.1) is 11.9 Å². The maximum atomic E-state index is 5.84. The van der Waals surface area contributed by atoms with Crippen molar-refractivity contribution in [2.45, 2.75) is 13.8 Å². The maximum Gasteiger partial charge on any atom is 0.219 e. The minimum absolute atomic E-state index is 0.590. The summed E-state index contributed by atoms with van der Waals surface area (Å²) < 4.78 is 5.84. The molecule has 0 aliphatic carbocycles. The van der Waals surface area contributed by atoms with Crippen molar-refractivity contribution in [3.63, 3.8) is 0 Å². The van der Waals surface area contributed by atoms with Crippen molar-refractivity contribution in [1.82, 2.24) is 4.98 Å². The first-order valence-electron chi connectivity index (χ1n) is 7.65. The zero-order valence-electron chi connectivity index (χ0n) is 13.6. The van der Waals surface area contributed by atoms with Gasteiger partial charge in [-0.25, -0.2) is 4.98 Å². The van der Waals surface area contributed by atoms with Crippen molar-refractivity contribution in [2.75, 3.05) is 12.4 Å². The summed E-state index contributed by atoms with van der Waals surface area (Å²) in [6.45, 7) is 4.23. The molecule has 0 aliphatic rings. The van der Waals surface area contributed by atoms with Crippen LogP contribution in [-0.4, -0.2) is 12.0 Å². The van der Waals surface area contributed by atoms with E-state index in [0.29, 0.717) is 5.88 Å². The van der Waals surface area contributed by atoms with Gasteiger partial charge < -0.3 is 10.1 Å². The Balaban J connectivity index is 1.85. The largest absolute Gasteiger partial charge is 0.439 e. The molecule has 0 saturated heterocycles. The third-order valence-electron chi connectivity index (χ3n) is 3.88. The quantitative estimate of drug-likeness (QED) is 0.719. The Morgan fingerprint density at radius 1 is 0.870 bits per heavy atom. The highest BCUT2D eigenvalue weighted by molar-refractivity contribution is 5.71. The Kier molecular flexibility index (Phi) is 4.29. The smallest absolute Gasteiger partial charge is 0.219 e. The molecule has 1 aromatic heterocycles. The van der Waals surface area contributed by atoms with Gasteiger partial charge in [0.2, 0.25) is 5.88 Å². The molecule has 0 aliphatic heterocycles. The lowest BCUT2D eigenvalue weighted by molar-refractivity contribution is 0.463. The van der Waals surface area contributed by atoms with E-state index in [9.17, 15) is 0 Å². The molecule has 2 aromatic carbocycles. The van der Waals surface area contributed by atoms with E-state index in [2.05, 4.69) is 60.5 Å². The van der Waals surface area contributed by atoms with Crippen LogP contribution in [0.1, 0.15) is 11.1 Å². The van der Waals surface area contributed by atoms with Crippen LogP contribution in [0.3, 0.4) is 0 Å². The molecule has 3 nitrogen and oxygen atoms in total. The summed E-state index contributed by atoms with van der Waals surface area (Å²) in [7, 11) is 1.87. The van der Waals surface area contributed by atoms with Crippen LogP contribution >= 0.6 is 0 Å². The standard InChI is InChI=1S/C20H20N2O/c1-14-6-4-5-7-18(14)19-10-9-17(12-15(19)2)23-20-11-8-16(21-3)13-22-20/h4-13,21H,1-3H3. The highest BCUT2D eigenvalue weighted by Gasteiger charge is 2.07. The molecule has 0 saturated carbocycles. The van der Waals surface area contributed by atoms with Crippen LogP contribution in [0.4, 0.5) is 5.69 Å². The summed E-state index contributed by atoms with van der Waals surface area (Å²) in [4.78, 5) is 4.28. The molecule has 0 atom stereocenters. The predicted molar refractivity (Wildman–Crippen MR) is 95.2 cm³/mol. The second-order valence-electron chi connectivity index (χ2n) is 5.53. The third kappa shape index (κ3) is 3.34. The minimum atomic E-state index is 0.590. The number of ether oxygens (including phenoxy) is 1. The van der Waals surface area contributed by atoms with Crippen LogP contribution in [0.2, 0.25) is 0 Å². The second-order valence-corrected chi connectivity index (χ2v) is 5.53. The lowest BCUT2D eigenvalue weighted by Gasteiger charge is -2.12. The van der Waals surface area contributed by atoms with Gasteiger partial charge in [0.15, 0.2) is 0 Å². The van der Waals surface area contributed by atoms with Crippen LogP contribution in [0.25, 0.3) is 11.1 Å². The van der Waals surface area contributed by atoms with Gasteiger partial charge in [-0.2, -0.15) is 0 Å². The summed E-state index contributed by atoms with van der Waals surface area (Å²) in [5, 5.41) is 3.04.